The number of aromatic nitrogens is 1. The molecule has 24 heavy (non-hydrogen) atoms. The highest BCUT2D eigenvalue weighted by Crippen LogP contribution is 2.26. The fourth-order valence-corrected chi connectivity index (χ4v) is 2.96. The first-order valence-electron chi connectivity index (χ1n) is 8.64. The molecule has 132 valence electrons. The van der Waals surface area contributed by atoms with Crippen LogP contribution in [0.15, 0.2) is 18.3 Å². The van der Waals surface area contributed by atoms with Crippen molar-refractivity contribution in [2.45, 2.75) is 38.5 Å². The number of aliphatic hydroxyl groups excluding tert-OH is 1. The number of pyridine rings is 1. The molecule has 1 aromatic heterocycles. The maximum absolute atomic E-state index is 12.2. The molecule has 1 saturated carbocycles. The lowest BCUT2D eigenvalue weighted by Gasteiger charge is -2.32. The number of ether oxygens (including phenoxy) is 1. The van der Waals surface area contributed by atoms with E-state index in [2.05, 4.69) is 22.1 Å². The van der Waals surface area contributed by atoms with E-state index in [9.17, 15) is 4.79 Å². The number of carbonyl (C=O) groups excluding carboxylic acids is 1. The summed E-state index contributed by atoms with van der Waals surface area (Å²) in [6.07, 6.45) is 4.09. The van der Waals surface area contributed by atoms with Crippen molar-refractivity contribution < 1.29 is 14.6 Å². The third-order valence-corrected chi connectivity index (χ3v) is 4.41. The van der Waals surface area contributed by atoms with Crippen LogP contribution in [0.3, 0.4) is 0 Å². The van der Waals surface area contributed by atoms with Crippen LogP contribution in [-0.4, -0.2) is 66.0 Å². The zero-order chi connectivity index (χ0) is 16.9. The minimum atomic E-state index is -0.113. The number of aliphatic hydroxyl groups is 1. The van der Waals surface area contributed by atoms with E-state index in [4.69, 9.17) is 9.84 Å². The average molecular weight is 334 g/mol. The van der Waals surface area contributed by atoms with Gasteiger partial charge in [0.2, 0.25) is 0 Å². The summed E-state index contributed by atoms with van der Waals surface area (Å²) in [5, 5.41) is 12.0. The topological polar surface area (TPSA) is 77.9 Å². The molecule has 2 aliphatic rings. The number of amides is 2. The van der Waals surface area contributed by atoms with E-state index < -0.39 is 0 Å². The van der Waals surface area contributed by atoms with Gasteiger partial charge in [0.05, 0.1) is 19.3 Å². The molecule has 0 radical (unpaired) electrons. The Hall–Kier alpha value is -1.86. The minimum absolute atomic E-state index is 0.00184. The summed E-state index contributed by atoms with van der Waals surface area (Å²) >= 11 is 0. The molecule has 1 saturated heterocycles. The molecular weight excluding hydrogens is 308 g/mol. The Balaban J connectivity index is 1.51. The average Bonchev–Trinajstić information content (AvgIpc) is 3.43. The quantitative estimate of drug-likeness (QED) is 0.811. The number of carbonyl (C=O) groups is 1. The lowest BCUT2D eigenvalue weighted by atomic mass is 10.2. The lowest BCUT2D eigenvalue weighted by molar-refractivity contribution is 0.0529. The Bertz CT molecular complexity index is 547. The molecule has 1 aliphatic heterocycles. The number of hydrogen-bond acceptors (Lipinski definition) is 5. The molecule has 7 heteroatoms. The number of hydrogen-bond donors (Lipinski definition) is 2. The van der Waals surface area contributed by atoms with Gasteiger partial charge in [0.15, 0.2) is 0 Å². The highest BCUT2D eigenvalue weighted by Gasteiger charge is 2.31. The Morgan fingerprint density at radius 2 is 2.33 bits per heavy atom. The normalized spacial score (nSPS) is 20.8. The highest BCUT2D eigenvalue weighted by molar-refractivity contribution is 5.74. The van der Waals surface area contributed by atoms with E-state index in [0.717, 1.165) is 43.9 Å². The number of nitrogens with one attached hydrogen (secondary N) is 1. The summed E-state index contributed by atoms with van der Waals surface area (Å²) < 4.78 is 5.55. The maximum Gasteiger partial charge on any atom is 0.317 e. The van der Waals surface area contributed by atoms with Crippen LogP contribution in [0, 0.1) is 0 Å². The van der Waals surface area contributed by atoms with Gasteiger partial charge in [-0.25, -0.2) is 9.78 Å². The van der Waals surface area contributed by atoms with Crippen LogP contribution in [0.4, 0.5) is 10.6 Å². The second-order valence-electron chi connectivity index (χ2n) is 6.46. The smallest absolute Gasteiger partial charge is 0.317 e. The van der Waals surface area contributed by atoms with Crippen molar-refractivity contribution in [1.82, 2.24) is 15.2 Å². The van der Waals surface area contributed by atoms with Crippen molar-refractivity contribution in [3.05, 3.63) is 23.9 Å². The molecule has 0 unspecified atom stereocenters. The number of nitrogens with zero attached hydrogens (tertiary/aromatic N) is 3. The van der Waals surface area contributed by atoms with E-state index >= 15 is 0 Å². The van der Waals surface area contributed by atoms with E-state index in [-0.39, 0.29) is 18.7 Å². The minimum Gasteiger partial charge on any atom is -0.395 e. The third kappa shape index (κ3) is 4.36. The molecule has 1 atom stereocenters. The van der Waals surface area contributed by atoms with Crippen molar-refractivity contribution in [3.8, 4) is 0 Å². The van der Waals surface area contributed by atoms with Crippen molar-refractivity contribution in [2.24, 2.45) is 0 Å². The van der Waals surface area contributed by atoms with E-state index in [1.54, 1.807) is 4.90 Å². The predicted octanol–water partition coefficient (Wildman–Crippen LogP) is 0.973. The molecule has 2 N–H and O–H groups in total. The maximum atomic E-state index is 12.2. The fraction of sp³-hybridized carbons (Fsp3) is 0.647. The molecule has 0 aromatic carbocycles. The summed E-state index contributed by atoms with van der Waals surface area (Å²) in [6, 6.07) is 4.17. The number of rotatable bonds is 6. The Labute approximate surface area is 142 Å². The second-order valence-corrected chi connectivity index (χ2v) is 6.46. The van der Waals surface area contributed by atoms with Gasteiger partial charge in [-0.1, -0.05) is 6.07 Å². The molecule has 2 fully saturated rings. The van der Waals surface area contributed by atoms with Gasteiger partial charge in [0.1, 0.15) is 5.82 Å². The van der Waals surface area contributed by atoms with Crippen LogP contribution in [0.25, 0.3) is 0 Å². The molecular formula is C17H26N4O3. The van der Waals surface area contributed by atoms with Gasteiger partial charge in [-0.3, -0.25) is 0 Å². The molecule has 0 spiro atoms. The van der Waals surface area contributed by atoms with Gasteiger partial charge in [-0.05, 0) is 31.4 Å². The van der Waals surface area contributed by atoms with Crippen molar-refractivity contribution in [3.63, 3.8) is 0 Å². The van der Waals surface area contributed by atoms with Crippen LogP contribution < -0.4 is 10.2 Å². The molecule has 7 nitrogen and oxygen atoms in total. The summed E-state index contributed by atoms with van der Waals surface area (Å²) in [4.78, 5) is 20.6. The number of anilines is 1. The summed E-state index contributed by atoms with van der Waals surface area (Å²) in [6.45, 7) is 5.32. The Morgan fingerprint density at radius 1 is 1.50 bits per heavy atom. The van der Waals surface area contributed by atoms with Crippen molar-refractivity contribution in [1.29, 1.82) is 0 Å². The van der Waals surface area contributed by atoms with Crippen LogP contribution >= 0.6 is 0 Å². The number of urea groups is 1. The SMILES string of the molecule is C[C@H]1CN(c2ccc(CNC(=O)N(CCO)C3CC3)cn2)CCO1. The van der Waals surface area contributed by atoms with Crippen LogP contribution in [0.1, 0.15) is 25.3 Å². The number of morpholine rings is 1. The first-order chi connectivity index (χ1) is 11.7. The van der Waals surface area contributed by atoms with Gasteiger partial charge in [0.25, 0.3) is 0 Å². The van der Waals surface area contributed by atoms with Gasteiger partial charge in [0, 0.05) is 38.4 Å². The molecule has 1 aliphatic carbocycles. The first-order valence-corrected chi connectivity index (χ1v) is 8.64. The summed E-state index contributed by atoms with van der Waals surface area (Å²) in [5.41, 5.74) is 0.966. The van der Waals surface area contributed by atoms with Gasteiger partial charge < -0.3 is 25.0 Å². The molecule has 2 amide bonds. The Kier molecular flexibility index (Phi) is 5.52. The monoisotopic (exact) mass is 334 g/mol. The van der Waals surface area contributed by atoms with Crippen molar-refractivity contribution >= 4 is 11.8 Å². The first kappa shape index (κ1) is 17.0. The fourth-order valence-electron chi connectivity index (χ4n) is 2.96. The zero-order valence-electron chi connectivity index (χ0n) is 14.1. The van der Waals surface area contributed by atoms with Crippen LogP contribution in [0.5, 0.6) is 0 Å². The van der Waals surface area contributed by atoms with Gasteiger partial charge in [-0.15, -0.1) is 0 Å². The van der Waals surface area contributed by atoms with Gasteiger partial charge in [-0.2, -0.15) is 0 Å². The van der Waals surface area contributed by atoms with E-state index in [1.807, 2.05) is 18.3 Å². The van der Waals surface area contributed by atoms with E-state index in [1.165, 1.54) is 0 Å². The summed E-state index contributed by atoms with van der Waals surface area (Å²) in [5.74, 6) is 0.945. The standard InChI is InChI=1S/C17H26N4O3/c1-13-12-20(7-9-24-13)16-5-2-14(10-18-16)11-19-17(23)21(6-8-22)15-3-4-15/h2,5,10,13,15,22H,3-4,6-9,11-12H2,1H3,(H,19,23)/t13-/m0/s1. The lowest BCUT2D eigenvalue weighted by Crippen LogP contribution is -2.42. The molecule has 0 bridgehead atoms. The van der Waals surface area contributed by atoms with E-state index in [0.29, 0.717) is 19.1 Å². The third-order valence-electron chi connectivity index (χ3n) is 4.41. The molecule has 1 aromatic rings. The highest BCUT2D eigenvalue weighted by atomic mass is 16.5. The van der Waals surface area contributed by atoms with Crippen molar-refractivity contribution in [2.75, 3.05) is 37.7 Å². The Morgan fingerprint density at radius 3 is 2.96 bits per heavy atom. The summed E-state index contributed by atoms with van der Waals surface area (Å²) in [7, 11) is 0. The van der Waals surface area contributed by atoms with Crippen LogP contribution in [-0.2, 0) is 11.3 Å². The van der Waals surface area contributed by atoms with Gasteiger partial charge >= 0.3 is 6.03 Å². The largest absolute Gasteiger partial charge is 0.395 e. The second kappa shape index (κ2) is 7.81. The molecule has 2 heterocycles. The zero-order valence-corrected chi connectivity index (χ0v) is 14.1. The molecule has 3 rings (SSSR count). The van der Waals surface area contributed by atoms with Crippen LogP contribution in [0.2, 0.25) is 0 Å². The predicted molar refractivity (Wildman–Crippen MR) is 90.9 cm³/mol.